The van der Waals surface area contributed by atoms with Crippen molar-refractivity contribution in [1.29, 1.82) is 0 Å². The van der Waals surface area contributed by atoms with E-state index in [4.69, 9.17) is 0 Å². The smallest absolute Gasteiger partial charge is 0.0888 e. The predicted octanol–water partition coefficient (Wildman–Crippen LogP) is 6.69. The molecule has 0 N–H and O–H groups in total. The second kappa shape index (κ2) is 8.33. The molecule has 0 aliphatic carbocycles. The van der Waals surface area contributed by atoms with E-state index < -0.39 is 0 Å². The molecule has 0 saturated carbocycles. The average Bonchev–Trinajstić information content (AvgIpc) is 2.79. The summed E-state index contributed by atoms with van der Waals surface area (Å²) in [5, 5.41) is 0. The molecule has 30 heavy (non-hydrogen) atoms. The van der Waals surface area contributed by atoms with E-state index >= 15 is 0 Å². The van der Waals surface area contributed by atoms with Gasteiger partial charge in [0.25, 0.3) is 0 Å². The van der Waals surface area contributed by atoms with Gasteiger partial charge in [0.1, 0.15) is 0 Å². The Balaban J connectivity index is 1.34. The number of rotatable bonds is 5. The maximum Gasteiger partial charge on any atom is 0.0888 e. The number of nitrogens with zero attached hydrogens (tertiary/aromatic N) is 3. The number of para-hydroxylation sites is 2. The highest BCUT2D eigenvalue weighted by Gasteiger charge is 2.22. The molecule has 0 radical (unpaired) electrons. The molecule has 0 bridgehead atoms. The van der Waals surface area contributed by atoms with Crippen molar-refractivity contribution in [1.82, 2.24) is 9.97 Å². The monoisotopic (exact) mass is 409 g/mol. The summed E-state index contributed by atoms with van der Waals surface area (Å²) < 4.78 is 0. The summed E-state index contributed by atoms with van der Waals surface area (Å²) in [5.41, 5.74) is 7.00. The van der Waals surface area contributed by atoms with Crippen LogP contribution in [-0.4, -0.2) is 16.5 Å². The van der Waals surface area contributed by atoms with Crippen molar-refractivity contribution in [2.45, 2.75) is 29.6 Å². The van der Waals surface area contributed by atoms with Crippen molar-refractivity contribution in [2.24, 2.45) is 0 Å². The van der Waals surface area contributed by atoms with Gasteiger partial charge in [-0.15, -0.1) is 0 Å². The van der Waals surface area contributed by atoms with Crippen LogP contribution in [-0.2, 0) is 6.42 Å². The molecule has 1 aliphatic rings. The van der Waals surface area contributed by atoms with Gasteiger partial charge in [0.15, 0.2) is 0 Å². The Kier molecular flexibility index (Phi) is 5.24. The highest BCUT2D eigenvalue weighted by Crippen LogP contribution is 2.47. The van der Waals surface area contributed by atoms with Crippen LogP contribution in [0.2, 0.25) is 0 Å². The first-order valence-electron chi connectivity index (χ1n) is 10.3. The number of aromatic nitrogens is 2. The molecule has 4 heteroatoms. The molecule has 2 aromatic heterocycles. The molecule has 148 valence electrons. The molecule has 3 nitrogen and oxygen atoms in total. The van der Waals surface area contributed by atoms with Gasteiger partial charge in [0, 0.05) is 28.7 Å². The van der Waals surface area contributed by atoms with Gasteiger partial charge in [-0.25, -0.2) is 0 Å². The summed E-state index contributed by atoms with van der Waals surface area (Å²) in [6.45, 7) is 3.07. The van der Waals surface area contributed by atoms with Crippen molar-refractivity contribution in [3.63, 3.8) is 0 Å². The van der Waals surface area contributed by atoms with Gasteiger partial charge in [-0.2, -0.15) is 0 Å². The highest BCUT2D eigenvalue weighted by atomic mass is 32.2. The molecule has 0 spiro atoms. The molecular weight excluding hydrogens is 386 g/mol. The van der Waals surface area contributed by atoms with Crippen LogP contribution in [0.3, 0.4) is 0 Å². The van der Waals surface area contributed by atoms with Gasteiger partial charge >= 0.3 is 0 Å². The molecule has 0 saturated heterocycles. The van der Waals surface area contributed by atoms with Crippen molar-refractivity contribution in [3.05, 3.63) is 96.3 Å². The van der Waals surface area contributed by atoms with E-state index in [0.29, 0.717) is 0 Å². The molecule has 3 heterocycles. The minimum Gasteiger partial charge on any atom is -0.340 e. The fourth-order valence-electron chi connectivity index (χ4n) is 3.91. The van der Waals surface area contributed by atoms with Crippen LogP contribution in [0.15, 0.2) is 95.0 Å². The second-order valence-corrected chi connectivity index (χ2v) is 8.64. The average molecular weight is 410 g/mol. The lowest BCUT2D eigenvalue weighted by Gasteiger charge is -2.32. The minimum atomic E-state index is 0.938. The molecule has 4 aromatic rings. The lowest BCUT2D eigenvalue weighted by atomic mass is 10.1. The summed E-state index contributed by atoms with van der Waals surface area (Å²) >= 11 is 1.86. The molecule has 0 amide bonds. The lowest BCUT2D eigenvalue weighted by molar-refractivity contribution is 0.796. The van der Waals surface area contributed by atoms with Crippen LogP contribution in [0.4, 0.5) is 11.4 Å². The number of aryl methyl sites for hydroxylation is 2. The zero-order valence-electron chi connectivity index (χ0n) is 17.0. The van der Waals surface area contributed by atoms with Gasteiger partial charge < -0.3 is 4.90 Å². The molecule has 0 atom stereocenters. The predicted molar refractivity (Wildman–Crippen MR) is 125 cm³/mol. The third-order valence-electron chi connectivity index (χ3n) is 5.38. The Hall–Kier alpha value is -3.11. The zero-order chi connectivity index (χ0) is 20.3. The third kappa shape index (κ3) is 3.83. The Bertz CT molecular complexity index is 1140. The van der Waals surface area contributed by atoms with Gasteiger partial charge in [-0.1, -0.05) is 36.0 Å². The number of hydrogen-bond acceptors (Lipinski definition) is 4. The normalized spacial score (nSPS) is 12.4. The van der Waals surface area contributed by atoms with E-state index in [1.54, 1.807) is 0 Å². The van der Waals surface area contributed by atoms with Crippen molar-refractivity contribution in [2.75, 3.05) is 11.4 Å². The van der Waals surface area contributed by atoms with Crippen LogP contribution in [0.1, 0.15) is 17.5 Å². The first-order chi connectivity index (χ1) is 14.8. The summed E-state index contributed by atoms with van der Waals surface area (Å²) in [6, 6.07) is 25.8. The maximum absolute atomic E-state index is 4.53. The Morgan fingerprint density at radius 3 is 2.10 bits per heavy atom. The summed E-state index contributed by atoms with van der Waals surface area (Å²) in [6.07, 6.45) is 5.83. The largest absolute Gasteiger partial charge is 0.340 e. The van der Waals surface area contributed by atoms with Crippen LogP contribution in [0.25, 0.3) is 11.4 Å². The maximum atomic E-state index is 4.53. The summed E-state index contributed by atoms with van der Waals surface area (Å²) in [4.78, 5) is 14.1. The number of fused-ring (bicyclic) bond motifs is 2. The van der Waals surface area contributed by atoms with Crippen molar-refractivity contribution >= 4 is 23.1 Å². The van der Waals surface area contributed by atoms with Gasteiger partial charge in [-0.05, 0) is 79.4 Å². The number of hydrogen-bond donors (Lipinski definition) is 0. The van der Waals surface area contributed by atoms with Crippen molar-refractivity contribution in [3.8, 4) is 11.4 Å². The molecule has 0 fully saturated rings. The standard InChI is InChI=1S/C26H23N3S/c1-19-12-14-27-21(17-19)22-18-20(13-15-28-22)7-6-16-29-23-8-2-4-10-25(23)30-26-11-5-3-9-24(26)29/h2-5,8-15,17-18H,6-7,16H2,1H3. The molecule has 1 aliphatic heterocycles. The van der Waals surface area contributed by atoms with E-state index in [1.165, 1.54) is 32.3 Å². The van der Waals surface area contributed by atoms with Gasteiger partial charge in [0.2, 0.25) is 0 Å². The Morgan fingerprint density at radius 2 is 1.40 bits per heavy atom. The highest BCUT2D eigenvalue weighted by molar-refractivity contribution is 7.99. The van der Waals surface area contributed by atoms with E-state index in [-0.39, 0.29) is 0 Å². The molecule has 5 rings (SSSR count). The topological polar surface area (TPSA) is 29.0 Å². The van der Waals surface area contributed by atoms with Gasteiger partial charge in [0.05, 0.1) is 22.8 Å². The second-order valence-electron chi connectivity index (χ2n) is 7.56. The minimum absolute atomic E-state index is 0.938. The molecule has 2 aromatic carbocycles. The van der Waals surface area contributed by atoms with Crippen LogP contribution in [0, 0.1) is 6.92 Å². The summed E-state index contributed by atoms with van der Waals surface area (Å²) in [5.74, 6) is 0. The first-order valence-corrected chi connectivity index (χ1v) is 11.1. The van der Waals surface area contributed by atoms with Gasteiger partial charge in [-0.3, -0.25) is 9.97 Å². The molecular formula is C26H23N3S. The van der Waals surface area contributed by atoms with E-state index in [0.717, 1.165) is 30.8 Å². The fourth-order valence-corrected chi connectivity index (χ4v) is 5.01. The quantitative estimate of drug-likeness (QED) is 0.367. The lowest BCUT2D eigenvalue weighted by Crippen LogP contribution is -2.22. The van der Waals surface area contributed by atoms with Crippen LogP contribution < -0.4 is 4.90 Å². The number of pyridine rings is 2. The Morgan fingerprint density at radius 1 is 0.767 bits per heavy atom. The third-order valence-corrected chi connectivity index (χ3v) is 6.51. The number of benzene rings is 2. The van der Waals surface area contributed by atoms with Crippen LogP contribution >= 0.6 is 11.8 Å². The van der Waals surface area contributed by atoms with E-state index in [9.17, 15) is 0 Å². The SMILES string of the molecule is Cc1ccnc(-c2cc(CCCN3c4ccccc4Sc4ccccc43)ccn2)c1. The summed E-state index contributed by atoms with van der Waals surface area (Å²) in [7, 11) is 0. The molecule has 0 unspecified atom stereocenters. The van der Waals surface area contributed by atoms with E-state index in [1.807, 2.05) is 30.2 Å². The Labute approximate surface area is 181 Å². The zero-order valence-corrected chi connectivity index (χ0v) is 17.8. The number of anilines is 2. The van der Waals surface area contributed by atoms with Crippen LogP contribution in [0.5, 0.6) is 0 Å². The first kappa shape index (κ1) is 18.9. The van der Waals surface area contributed by atoms with E-state index in [2.05, 4.69) is 88.5 Å². The fraction of sp³-hybridized carbons (Fsp3) is 0.154. The van der Waals surface area contributed by atoms with Crippen molar-refractivity contribution < 1.29 is 0 Å².